The van der Waals surface area contributed by atoms with Gasteiger partial charge in [-0.3, -0.25) is 14.6 Å². The molecule has 0 radical (unpaired) electrons. The monoisotopic (exact) mass is 343 g/mol. The third-order valence-corrected chi connectivity index (χ3v) is 3.93. The molecule has 0 unspecified atom stereocenters. The summed E-state index contributed by atoms with van der Waals surface area (Å²) in [5.74, 6) is -0.806. The number of rotatable bonds is 7. The zero-order valence-electron chi connectivity index (χ0n) is 14.5. The molecule has 6 heteroatoms. The molecule has 2 rings (SSSR count). The highest BCUT2D eigenvalue weighted by molar-refractivity contribution is 5.98. The number of carbonyl (C=O) groups excluding carboxylic acids is 2. The first-order valence-electron chi connectivity index (χ1n) is 8.33. The summed E-state index contributed by atoms with van der Waals surface area (Å²) in [7, 11) is 0. The molecule has 1 heterocycles. The number of carbonyl (C=O) groups is 2. The number of pyridine rings is 1. The molecule has 0 fully saturated rings. The summed E-state index contributed by atoms with van der Waals surface area (Å²) in [6.45, 7) is 5.29. The van der Waals surface area contributed by atoms with E-state index in [1.807, 2.05) is 13.8 Å². The first kappa shape index (κ1) is 18.6. The van der Waals surface area contributed by atoms with Gasteiger partial charge in [-0.05, 0) is 44.0 Å². The van der Waals surface area contributed by atoms with Crippen LogP contribution in [-0.2, 0) is 6.42 Å². The van der Waals surface area contributed by atoms with Crippen LogP contribution < -0.4 is 5.32 Å². The molecular weight excluding hydrogens is 321 g/mol. The van der Waals surface area contributed by atoms with Gasteiger partial charge >= 0.3 is 0 Å². The van der Waals surface area contributed by atoms with Crippen molar-refractivity contribution in [2.24, 2.45) is 0 Å². The molecule has 0 aliphatic heterocycles. The van der Waals surface area contributed by atoms with Crippen LogP contribution in [0.4, 0.5) is 4.39 Å². The van der Waals surface area contributed by atoms with Gasteiger partial charge in [-0.2, -0.15) is 0 Å². The number of hydrogen-bond donors (Lipinski definition) is 1. The standard InChI is InChI=1S/C19H22FN3O2/c1-3-23(4-2)19(25)15-10-11-21-17(13-15)18(24)22-12-9-14-7-5-6-8-16(14)20/h5-8,10-11,13H,3-4,9,12H2,1-2H3,(H,22,24). The Hall–Kier alpha value is -2.76. The lowest BCUT2D eigenvalue weighted by molar-refractivity contribution is 0.0773. The summed E-state index contributed by atoms with van der Waals surface area (Å²) in [5.41, 5.74) is 1.14. The normalized spacial score (nSPS) is 10.4. The summed E-state index contributed by atoms with van der Waals surface area (Å²) in [4.78, 5) is 30.2. The maximum atomic E-state index is 13.6. The first-order valence-corrected chi connectivity index (χ1v) is 8.33. The van der Waals surface area contributed by atoms with Crippen molar-refractivity contribution in [1.29, 1.82) is 0 Å². The van der Waals surface area contributed by atoms with Crippen LogP contribution in [0.25, 0.3) is 0 Å². The van der Waals surface area contributed by atoms with Crippen LogP contribution in [0.1, 0.15) is 40.3 Å². The number of amides is 2. The molecule has 132 valence electrons. The lowest BCUT2D eigenvalue weighted by Gasteiger charge is -2.18. The van der Waals surface area contributed by atoms with Crippen molar-refractivity contribution in [3.05, 3.63) is 65.2 Å². The zero-order chi connectivity index (χ0) is 18.2. The molecule has 1 aromatic carbocycles. The molecule has 0 spiro atoms. The summed E-state index contributed by atoms with van der Waals surface area (Å²) in [6.07, 6.45) is 1.83. The van der Waals surface area contributed by atoms with E-state index in [0.717, 1.165) is 0 Å². The summed E-state index contributed by atoms with van der Waals surface area (Å²) < 4.78 is 13.6. The van der Waals surface area contributed by atoms with Crippen LogP contribution in [0.3, 0.4) is 0 Å². The van der Waals surface area contributed by atoms with Crippen LogP contribution >= 0.6 is 0 Å². The Morgan fingerprint density at radius 1 is 1.16 bits per heavy atom. The Morgan fingerprint density at radius 3 is 2.56 bits per heavy atom. The van der Waals surface area contributed by atoms with Gasteiger partial charge in [-0.15, -0.1) is 0 Å². The lowest BCUT2D eigenvalue weighted by atomic mass is 10.1. The predicted molar refractivity (Wildman–Crippen MR) is 93.9 cm³/mol. The highest BCUT2D eigenvalue weighted by atomic mass is 19.1. The molecule has 1 N–H and O–H groups in total. The highest BCUT2D eigenvalue weighted by Gasteiger charge is 2.15. The maximum absolute atomic E-state index is 13.6. The molecule has 25 heavy (non-hydrogen) atoms. The highest BCUT2D eigenvalue weighted by Crippen LogP contribution is 2.08. The van der Waals surface area contributed by atoms with Crippen molar-refractivity contribution in [2.75, 3.05) is 19.6 Å². The third kappa shape index (κ3) is 4.86. The molecule has 0 atom stereocenters. The van der Waals surface area contributed by atoms with E-state index in [1.54, 1.807) is 29.2 Å². The van der Waals surface area contributed by atoms with Crippen LogP contribution in [0.5, 0.6) is 0 Å². The van der Waals surface area contributed by atoms with Crippen molar-refractivity contribution in [3.63, 3.8) is 0 Å². The molecule has 1 aromatic heterocycles. The number of benzene rings is 1. The Balaban J connectivity index is 1.99. The molecule has 5 nitrogen and oxygen atoms in total. The Morgan fingerprint density at radius 2 is 1.88 bits per heavy atom. The molecule has 0 saturated heterocycles. The van der Waals surface area contributed by atoms with Crippen molar-refractivity contribution in [3.8, 4) is 0 Å². The van der Waals surface area contributed by atoms with Gasteiger partial charge in [0.15, 0.2) is 0 Å². The molecule has 0 aliphatic rings. The van der Waals surface area contributed by atoms with Gasteiger partial charge < -0.3 is 10.2 Å². The van der Waals surface area contributed by atoms with Crippen LogP contribution in [-0.4, -0.2) is 41.3 Å². The number of nitrogens with zero attached hydrogens (tertiary/aromatic N) is 2. The van der Waals surface area contributed by atoms with Crippen molar-refractivity contribution < 1.29 is 14.0 Å². The number of halogens is 1. The molecule has 0 aliphatic carbocycles. The SMILES string of the molecule is CCN(CC)C(=O)c1ccnc(C(=O)NCCc2ccccc2F)c1. The summed E-state index contributed by atoms with van der Waals surface area (Å²) in [6, 6.07) is 9.53. The Bertz CT molecular complexity index is 745. The average Bonchev–Trinajstić information content (AvgIpc) is 2.64. The van der Waals surface area contributed by atoms with E-state index < -0.39 is 0 Å². The van der Waals surface area contributed by atoms with Crippen molar-refractivity contribution in [1.82, 2.24) is 15.2 Å². The minimum absolute atomic E-state index is 0.132. The lowest BCUT2D eigenvalue weighted by Crippen LogP contribution is -2.31. The van der Waals surface area contributed by atoms with Crippen LogP contribution in [0.15, 0.2) is 42.6 Å². The van der Waals surface area contributed by atoms with Gasteiger partial charge in [0.05, 0.1) is 0 Å². The van der Waals surface area contributed by atoms with Crippen LogP contribution in [0.2, 0.25) is 0 Å². The second-order valence-electron chi connectivity index (χ2n) is 5.50. The topological polar surface area (TPSA) is 62.3 Å². The number of hydrogen-bond acceptors (Lipinski definition) is 3. The largest absolute Gasteiger partial charge is 0.350 e. The summed E-state index contributed by atoms with van der Waals surface area (Å²) >= 11 is 0. The van der Waals surface area contributed by atoms with Crippen molar-refractivity contribution >= 4 is 11.8 Å². The van der Waals surface area contributed by atoms with Gasteiger partial charge in [0.2, 0.25) is 0 Å². The third-order valence-electron chi connectivity index (χ3n) is 3.93. The Kier molecular flexibility index (Phi) is 6.62. The number of nitrogens with one attached hydrogen (secondary N) is 1. The van der Waals surface area contributed by atoms with Gasteiger partial charge in [0, 0.05) is 31.4 Å². The van der Waals surface area contributed by atoms with Gasteiger partial charge in [-0.25, -0.2) is 4.39 Å². The minimum Gasteiger partial charge on any atom is -0.350 e. The molecule has 0 saturated carbocycles. The fourth-order valence-electron chi connectivity index (χ4n) is 2.48. The fourth-order valence-corrected chi connectivity index (χ4v) is 2.48. The fraction of sp³-hybridized carbons (Fsp3) is 0.316. The molecular formula is C19H22FN3O2. The second kappa shape index (κ2) is 8.92. The van der Waals surface area contributed by atoms with Crippen molar-refractivity contribution in [2.45, 2.75) is 20.3 Å². The van der Waals surface area contributed by atoms with E-state index >= 15 is 0 Å². The predicted octanol–water partition coefficient (Wildman–Crippen LogP) is 2.68. The molecule has 0 bridgehead atoms. The van der Waals surface area contributed by atoms with Gasteiger partial charge in [0.25, 0.3) is 11.8 Å². The average molecular weight is 343 g/mol. The minimum atomic E-state index is -0.384. The number of aromatic nitrogens is 1. The second-order valence-corrected chi connectivity index (χ2v) is 5.50. The van der Waals surface area contributed by atoms with E-state index in [9.17, 15) is 14.0 Å². The first-order chi connectivity index (χ1) is 12.1. The van der Waals surface area contributed by atoms with Gasteiger partial charge in [-0.1, -0.05) is 18.2 Å². The maximum Gasteiger partial charge on any atom is 0.269 e. The van der Waals surface area contributed by atoms with Crippen LogP contribution in [0, 0.1) is 5.82 Å². The van der Waals surface area contributed by atoms with E-state index in [1.165, 1.54) is 18.3 Å². The molecule has 2 amide bonds. The smallest absolute Gasteiger partial charge is 0.269 e. The van der Waals surface area contributed by atoms with E-state index in [-0.39, 0.29) is 29.9 Å². The summed E-state index contributed by atoms with van der Waals surface area (Å²) in [5, 5.41) is 2.70. The molecule has 2 aromatic rings. The van der Waals surface area contributed by atoms with Gasteiger partial charge in [0.1, 0.15) is 11.5 Å². The Labute approximate surface area is 146 Å². The van der Waals surface area contributed by atoms with E-state index in [2.05, 4.69) is 10.3 Å². The van der Waals surface area contributed by atoms with E-state index in [4.69, 9.17) is 0 Å². The zero-order valence-corrected chi connectivity index (χ0v) is 14.5. The quantitative estimate of drug-likeness (QED) is 0.841. The van der Waals surface area contributed by atoms with E-state index in [0.29, 0.717) is 30.6 Å².